The number of hydrogen-bond donors (Lipinski definition) is 1. The van der Waals surface area contributed by atoms with Gasteiger partial charge in [0.05, 0.1) is 5.71 Å². The fourth-order valence-corrected chi connectivity index (χ4v) is 1.39. The minimum atomic E-state index is -0.980. The Balaban J connectivity index is 2.03. The van der Waals surface area contributed by atoms with E-state index in [2.05, 4.69) is 5.16 Å². The highest BCUT2D eigenvalue weighted by Gasteiger charge is 2.28. The number of ether oxygens (including phenoxy) is 1. The van der Waals surface area contributed by atoms with Gasteiger partial charge in [-0.15, -0.1) is 0 Å². The molecule has 1 saturated carbocycles. The number of oxime groups is 1. The molecule has 1 fully saturated rings. The quantitative estimate of drug-likeness (QED) is 0.605. The molecule has 1 aromatic rings. The van der Waals surface area contributed by atoms with E-state index in [0.717, 1.165) is 6.07 Å². The summed E-state index contributed by atoms with van der Waals surface area (Å²) in [6, 6.07) is 3.78. The summed E-state index contributed by atoms with van der Waals surface area (Å²) in [6.45, 7) is 0. The maximum absolute atomic E-state index is 13.1. The van der Waals surface area contributed by atoms with E-state index in [1.165, 1.54) is 12.1 Å². The minimum absolute atomic E-state index is 0.100. The van der Waals surface area contributed by atoms with Gasteiger partial charge in [0.1, 0.15) is 6.10 Å². The molecule has 0 bridgehead atoms. The molecular formula is C10H9F2NO2. The first-order valence-electron chi connectivity index (χ1n) is 4.51. The summed E-state index contributed by atoms with van der Waals surface area (Å²) in [5, 5.41) is 11.4. The van der Waals surface area contributed by atoms with Gasteiger partial charge in [0.15, 0.2) is 11.6 Å². The van der Waals surface area contributed by atoms with Gasteiger partial charge in [-0.05, 0) is 12.1 Å². The number of nitrogens with zero attached hydrogens (tertiary/aromatic N) is 1. The van der Waals surface area contributed by atoms with E-state index in [9.17, 15) is 8.78 Å². The zero-order chi connectivity index (χ0) is 10.8. The molecule has 0 amide bonds. The Bertz CT molecular complexity index is 398. The number of halogens is 2. The van der Waals surface area contributed by atoms with Crippen LogP contribution < -0.4 is 4.74 Å². The number of hydrogen-bond acceptors (Lipinski definition) is 3. The highest BCUT2D eigenvalue weighted by Crippen LogP contribution is 2.26. The molecule has 1 aliphatic rings. The Morgan fingerprint density at radius 1 is 1.33 bits per heavy atom. The monoisotopic (exact) mass is 213 g/mol. The Morgan fingerprint density at radius 2 is 2.07 bits per heavy atom. The summed E-state index contributed by atoms with van der Waals surface area (Å²) in [6.07, 6.45) is 0.672. The molecule has 0 radical (unpaired) electrons. The maximum Gasteiger partial charge on any atom is 0.200 e. The summed E-state index contributed by atoms with van der Waals surface area (Å²) >= 11 is 0. The molecular weight excluding hydrogens is 204 g/mol. The van der Waals surface area contributed by atoms with Crippen LogP contribution in [-0.2, 0) is 0 Å². The van der Waals surface area contributed by atoms with Gasteiger partial charge >= 0.3 is 0 Å². The number of benzene rings is 1. The van der Waals surface area contributed by atoms with Crippen LogP contribution in [0.15, 0.2) is 23.4 Å². The average Bonchev–Trinajstić information content (AvgIpc) is 2.17. The fraction of sp³-hybridized carbons (Fsp3) is 0.300. The van der Waals surface area contributed by atoms with Gasteiger partial charge in [0, 0.05) is 12.8 Å². The topological polar surface area (TPSA) is 41.8 Å². The van der Waals surface area contributed by atoms with Crippen LogP contribution in [0.25, 0.3) is 0 Å². The summed E-state index contributed by atoms with van der Waals surface area (Å²) in [4.78, 5) is 0. The molecule has 3 nitrogen and oxygen atoms in total. The molecule has 1 aliphatic carbocycles. The predicted octanol–water partition coefficient (Wildman–Crippen LogP) is 2.34. The van der Waals surface area contributed by atoms with Gasteiger partial charge in [-0.3, -0.25) is 0 Å². The zero-order valence-corrected chi connectivity index (χ0v) is 7.78. The van der Waals surface area contributed by atoms with Crippen LogP contribution in [-0.4, -0.2) is 17.0 Å². The standard InChI is InChI=1S/C10H9F2NO2/c11-8-2-1-3-9(10(8)12)15-7-4-6(5-7)13-14/h1-3,7,14H,4-5H2. The van der Waals surface area contributed by atoms with E-state index in [0.29, 0.717) is 18.6 Å². The lowest BCUT2D eigenvalue weighted by molar-refractivity contribution is 0.175. The lowest BCUT2D eigenvalue weighted by Crippen LogP contribution is -2.34. The van der Waals surface area contributed by atoms with Crippen molar-refractivity contribution in [3.63, 3.8) is 0 Å². The minimum Gasteiger partial charge on any atom is -0.486 e. The van der Waals surface area contributed by atoms with Crippen LogP contribution >= 0.6 is 0 Å². The largest absolute Gasteiger partial charge is 0.486 e. The highest BCUT2D eigenvalue weighted by molar-refractivity contribution is 5.90. The van der Waals surface area contributed by atoms with Crippen LogP contribution in [0.2, 0.25) is 0 Å². The van der Waals surface area contributed by atoms with Gasteiger partial charge < -0.3 is 9.94 Å². The summed E-state index contributed by atoms with van der Waals surface area (Å²) in [5.41, 5.74) is 0.608. The van der Waals surface area contributed by atoms with E-state index in [1.54, 1.807) is 0 Å². The third kappa shape index (κ3) is 1.91. The number of rotatable bonds is 2. The van der Waals surface area contributed by atoms with Crippen molar-refractivity contribution in [2.75, 3.05) is 0 Å². The molecule has 0 unspecified atom stereocenters. The molecule has 15 heavy (non-hydrogen) atoms. The van der Waals surface area contributed by atoms with Crippen LogP contribution in [0.4, 0.5) is 8.78 Å². The van der Waals surface area contributed by atoms with Gasteiger partial charge in [-0.1, -0.05) is 11.2 Å². The lowest BCUT2D eigenvalue weighted by Gasteiger charge is -2.27. The average molecular weight is 213 g/mol. The second-order valence-corrected chi connectivity index (χ2v) is 3.37. The Kier molecular flexibility index (Phi) is 2.53. The van der Waals surface area contributed by atoms with E-state index in [-0.39, 0.29) is 11.9 Å². The van der Waals surface area contributed by atoms with E-state index >= 15 is 0 Å². The van der Waals surface area contributed by atoms with Crippen molar-refractivity contribution in [1.29, 1.82) is 0 Å². The molecule has 0 saturated heterocycles. The molecule has 2 rings (SSSR count). The van der Waals surface area contributed by atoms with Crippen LogP contribution in [0.3, 0.4) is 0 Å². The molecule has 0 heterocycles. The van der Waals surface area contributed by atoms with Crippen LogP contribution in [0, 0.1) is 11.6 Å². The summed E-state index contributed by atoms with van der Waals surface area (Å²) in [5.74, 6) is -2.01. The third-order valence-corrected chi connectivity index (χ3v) is 2.28. The van der Waals surface area contributed by atoms with E-state index in [1.807, 2.05) is 0 Å². The van der Waals surface area contributed by atoms with Crippen molar-refractivity contribution >= 4 is 5.71 Å². The van der Waals surface area contributed by atoms with E-state index in [4.69, 9.17) is 9.94 Å². The van der Waals surface area contributed by atoms with Crippen molar-refractivity contribution in [1.82, 2.24) is 0 Å². The first-order valence-corrected chi connectivity index (χ1v) is 4.51. The second-order valence-electron chi connectivity index (χ2n) is 3.37. The SMILES string of the molecule is ON=C1CC(Oc2cccc(F)c2F)C1. The summed E-state index contributed by atoms with van der Waals surface area (Å²) < 4.78 is 31.1. The fourth-order valence-electron chi connectivity index (χ4n) is 1.39. The first kappa shape index (κ1) is 9.89. The Labute approximate surface area is 85.0 Å². The van der Waals surface area contributed by atoms with Crippen molar-refractivity contribution in [2.45, 2.75) is 18.9 Å². The molecule has 0 aliphatic heterocycles. The van der Waals surface area contributed by atoms with Crippen LogP contribution in [0.1, 0.15) is 12.8 Å². The predicted molar refractivity (Wildman–Crippen MR) is 49.2 cm³/mol. The first-order chi connectivity index (χ1) is 7.20. The summed E-state index contributed by atoms with van der Waals surface area (Å²) in [7, 11) is 0. The van der Waals surface area contributed by atoms with E-state index < -0.39 is 11.6 Å². The maximum atomic E-state index is 13.1. The molecule has 80 valence electrons. The third-order valence-electron chi connectivity index (χ3n) is 2.28. The molecule has 0 atom stereocenters. The van der Waals surface area contributed by atoms with Crippen molar-refractivity contribution in [2.24, 2.45) is 5.16 Å². The van der Waals surface area contributed by atoms with Gasteiger partial charge in [-0.2, -0.15) is 4.39 Å². The molecule has 0 aromatic heterocycles. The van der Waals surface area contributed by atoms with Crippen LogP contribution in [0.5, 0.6) is 5.75 Å². The highest BCUT2D eigenvalue weighted by atomic mass is 19.2. The molecule has 1 aromatic carbocycles. The zero-order valence-electron chi connectivity index (χ0n) is 7.78. The second kappa shape index (κ2) is 3.84. The van der Waals surface area contributed by atoms with Gasteiger partial charge in [-0.25, -0.2) is 4.39 Å². The van der Waals surface area contributed by atoms with Gasteiger partial charge in [0.2, 0.25) is 5.82 Å². The molecule has 0 spiro atoms. The smallest absolute Gasteiger partial charge is 0.200 e. The Hall–Kier alpha value is -1.65. The normalized spacial score (nSPS) is 19.6. The van der Waals surface area contributed by atoms with Gasteiger partial charge in [0.25, 0.3) is 0 Å². The van der Waals surface area contributed by atoms with Crippen molar-refractivity contribution < 1.29 is 18.7 Å². The van der Waals surface area contributed by atoms with Crippen molar-refractivity contribution in [3.05, 3.63) is 29.8 Å². The molecule has 1 N–H and O–H groups in total. The van der Waals surface area contributed by atoms with Crippen molar-refractivity contribution in [3.8, 4) is 5.75 Å². The lowest BCUT2D eigenvalue weighted by atomic mass is 9.93. The molecule has 5 heteroatoms. The Morgan fingerprint density at radius 3 is 2.73 bits per heavy atom.